The molecular formula is C56H100O6. The van der Waals surface area contributed by atoms with E-state index in [0.29, 0.717) is 19.3 Å². The third kappa shape index (κ3) is 48.4. The zero-order chi connectivity index (χ0) is 45.1. The minimum atomic E-state index is -0.780. The van der Waals surface area contributed by atoms with E-state index in [9.17, 15) is 14.4 Å². The van der Waals surface area contributed by atoms with Gasteiger partial charge < -0.3 is 14.2 Å². The standard InChI is InChI=1S/C56H100O6/c1-4-7-10-13-16-19-21-23-25-27-28-30-31-33-35-37-40-43-46-49-55(58)61-52-53(51-60-54(57)48-45-42-39-18-15-12-9-6-3)62-56(59)50-47-44-41-38-36-34-32-29-26-24-22-20-17-14-11-8-5-2/h8,11,17,20,24,26,32,34,53H,4-7,9-10,12-16,18-19,21-23,25,27-31,33,35-52H2,1-3H3/b11-8-,20-17-,26-24-,34-32-. The number of allylic oxidation sites excluding steroid dienone is 8. The van der Waals surface area contributed by atoms with E-state index < -0.39 is 6.10 Å². The average Bonchev–Trinajstić information content (AvgIpc) is 3.27. The maximum absolute atomic E-state index is 12.8. The monoisotopic (exact) mass is 869 g/mol. The van der Waals surface area contributed by atoms with Crippen LogP contribution in [0.15, 0.2) is 48.6 Å². The second-order valence-electron chi connectivity index (χ2n) is 17.8. The van der Waals surface area contributed by atoms with E-state index >= 15 is 0 Å². The summed E-state index contributed by atoms with van der Waals surface area (Å²) < 4.78 is 16.8. The topological polar surface area (TPSA) is 78.9 Å². The molecule has 0 heterocycles. The predicted molar refractivity (Wildman–Crippen MR) is 265 cm³/mol. The Morgan fingerprint density at radius 3 is 0.984 bits per heavy atom. The molecule has 0 aromatic rings. The molecule has 0 aliphatic carbocycles. The summed E-state index contributed by atoms with van der Waals surface area (Å²) in [6.07, 6.45) is 61.1. The summed E-state index contributed by atoms with van der Waals surface area (Å²) in [5.74, 6) is -0.898. The summed E-state index contributed by atoms with van der Waals surface area (Å²) in [7, 11) is 0. The number of carbonyl (C=O) groups excluding carboxylic acids is 3. The highest BCUT2D eigenvalue weighted by Gasteiger charge is 2.19. The van der Waals surface area contributed by atoms with Gasteiger partial charge in [-0.15, -0.1) is 0 Å². The molecule has 1 atom stereocenters. The lowest BCUT2D eigenvalue weighted by atomic mass is 10.0. The molecule has 0 fully saturated rings. The molecule has 0 N–H and O–H groups in total. The molecule has 360 valence electrons. The van der Waals surface area contributed by atoms with Gasteiger partial charge in [-0.1, -0.05) is 243 Å². The zero-order valence-electron chi connectivity index (χ0n) is 41.1. The van der Waals surface area contributed by atoms with Crippen molar-refractivity contribution in [2.75, 3.05) is 13.2 Å². The van der Waals surface area contributed by atoms with Crippen LogP contribution >= 0.6 is 0 Å². The summed E-state index contributed by atoms with van der Waals surface area (Å²) in [5.41, 5.74) is 0. The van der Waals surface area contributed by atoms with E-state index in [-0.39, 0.29) is 31.1 Å². The van der Waals surface area contributed by atoms with Gasteiger partial charge in [-0.3, -0.25) is 14.4 Å². The molecular weight excluding hydrogens is 769 g/mol. The van der Waals surface area contributed by atoms with Crippen LogP contribution in [0.1, 0.15) is 271 Å². The van der Waals surface area contributed by atoms with Crippen LogP contribution in [0.5, 0.6) is 0 Å². The normalized spacial score (nSPS) is 12.4. The van der Waals surface area contributed by atoms with Crippen molar-refractivity contribution >= 4 is 17.9 Å². The van der Waals surface area contributed by atoms with Gasteiger partial charge in [-0.2, -0.15) is 0 Å². The Bertz CT molecular complexity index is 1090. The lowest BCUT2D eigenvalue weighted by Crippen LogP contribution is -2.30. The Balaban J connectivity index is 4.28. The van der Waals surface area contributed by atoms with Gasteiger partial charge >= 0.3 is 17.9 Å². The number of rotatable bonds is 48. The van der Waals surface area contributed by atoms with Crippen molar-refractivity contribution in [2.24, 2.45) is 0 Å². The first-order chi connectivity index (χ1) is 30.5. The molecule has 62 heavy (non-hydrogen) atoms. The van der Waals surface area contributed by atoms with Gasteiger partial charge in [0.2, 0.25) is 0 Å². The van der Waals surface area contributed by atoms with Crippen LogP contribution in [-0.2, 0) is 28.6 Å². The van der Waals surface area contributed by atoms with Gasteiger partial charge in [0, 0.05) is 19.3 Å². The summed E-state index contributed by atoms with van der Waals surface area (Å²) in [6.45, 7) is 6.50. The van der Waals surface area contributed by atoms with Crippen LogP contribution in [-0.4, -0.2) is 37.2 Å². The van der Waals surface area contributed by atoms with Gasteiger partial charge in [0.15, 0.2) is 6.10 Å². The summed E-state index contributed by atoms with van der Waals surface area (Å²) in [6, 6.07) is 0. The van der Waals surface area contributed by atoms with E-state index in [1.807, 2.05) is 0 Å². The molecule has 0 aromatic heterocycles. The van der Waals surface area contributed by atoms with Crippen molar-refractivity contribution in [1.29, 1.82) is 0 Å². The highest BCUT2D eigenvalue weighted by atomic mass is 16.6. The fraction of sp³-hybridized carbons (Fsp3) is 0.804. The van der Waals surface area contributed by atoms with Crippen LogP contribution < -0.4 is 0 Å². The Labute approximate surface area is 384 Å². The first-order valence-electron chi connectivity index (χ1n) is 26.6. The second kappa shape index (κ2) is 51.0. The minimum absolute atomic E-state index is 0.0798. The molecule has 6 heteroatoms. The van der Waals surface area contributed by atoms with Crippen molar-refractivity contribution in [3.63, 3.8) is 0 Å². The largest absolute Gasteiger partial charge is 0.462 e. The molecule has 0 aliphatic rings. The predicted octanol–water partition coefficient (Wildman–Crippen LogP) is 17.5. The average molecular weight is 869 g/mol. The quantitative estimate of drug-likeness (QED) is 0.0262. The third-order valence-corrected chi connectivity index (χ3v) is 11.6. The minimum Gasteiger partial charge on any atom is -0.462 e. The SMILES string of the molecule is CC/C=C\C/C=C\C/C=C\C/C=C\CCCCCCC(=O)OC(COC(=O)CCCCCCCCCC)COC(=O)CCCCCCCCCCCCCCCCCCCCC. The number of hydrogen-bond donors (Lipinski definition) is 0. The lowest BCUT2D eigenvalue weighted by molar-refractivity contribution is -0.167. The molecule has 0 spiro atoms. The molecule has 0 bridgehead atoms. The molecule has 0 saturated carbocycles. The fourth-order valence-corrected chi connectivity index (χ4v) is 7.61. The Hall–Kier alpha value is -2.63. The van der Waals surface area contributed by atoms with Crippen molar-refractivity contribution in [3.05, 3.63) is 48.6 Å². The Kier molecular flexibility index (Phi) is 48.8. The number of unbranched alkanes of at least 4 members (excludes halogenated alkanes) is 29. The van der Waals surface area contributed by atoms with Gasteiger partial charge in [-0.25, -0.2) is 0 Å². The van der Waals surface area contributed by atoms with Crippen molar-refractivity contribution in [3.8, 4) is 0 Å². The van der Waals surface area contributed by atoms with Crippen LogP contribution in [0.4, 0.5) is 0 Å². The molecule has 0 aromatic carbocycles. The fourth-order valence-electron chi connectivity index (χ4n) is 7.61. The number of carbonyl (C=O) groups is 3. The smallest absolute Gasteiger partial charge is 0.306 e. The molecule has 0 amide bonds. The Morgan fingerprint density at radius 2 is 0.629 bits per heavy atom. The van der Waals surface area contributed by atoms with E-state index in [0.717, 1.165) is 96.3 Å². The second-order valence-corrected chi connectivity index (χ2v) is 17.8. The van der Waals surface area contributed by atoms with Gasteiger partial charge in [-0.05, 0) is 57.8 Å². The van der Waals surface area contributed by atoms with E-state index in [2.05, 4.69) is 69.4 Å². The first kappa shape index (κ1) is 59.4. The maximum Gasteiger partial charge on any atom is 0.306 e. The van der Waals surface area contributed by atoms with Gasteiger partial charge in [0.05, 0.1) is 0 Å². The third-order valence-electron chi connectivity index (χ3n) is 11.6. The lowest BCUT2D eigenvalue weighted by Gasteiger charge is -2.18. The number of ether oxygens (including phenoxy) is 3. The first-order valence-corrected chi connectivity index (χ1v) is 26.6. The summed E-state index contributed by atoms with van der Waals surface area (Å²) >= 11 is 0. The van der Waals surface area contributed by atoms with Crippen LogP contribution in [0, 0.1) is 0 Å². The molecule has 0 rings (SSSR count). The highest BCUT2D eigenvalue weighted by Crippen LogP contribution is 2.16. The molecule has 0 saturated heterocycles. The van der Waals surface area contributed by atoms with E-state index in [1.54, 1.807) is 0 Å². The van der Waals surface area contributed by atoms with E-state index in [4.69, 9.17) is 14.2 Å². The maximum atomic E-state index is 12.8. The van der Waals surface area contributed by atoms with Gasteiger partial charge in [0.25, 0.3) is 0 Å². The summed E-state index contributed by atoms with van der Waals surface area (Å²) in [5, 5.41) is 0. The van der Waals surface area contributed by atoms with Crippen molar-refractivity contribution < 1.29 is 28.6 Å². The molecule has 1 unspecified atom stereocenters. The number of esters is 3. The number of hydrogen-bond acceptors (Lipinski definition) is 6. The van der Waals surface area contributed by atoms with Crippen LogP contribution in [0.2, 0.25) is 0 Å². The highest BCUT2D eigenvalue weighted by molar-refractivity contribution is 5.71. The van der Waals surface area contributed by atoms with Gasteiger partial charge in [0.1, 0.15) is 13.2 Å². The Morgan fingerprint density at radius 1 is 0.339 bits per heavy atom. The van der Waals surface area contributed by atoms with E-state index in [1.165, 1.54) is 135 Å². The zero-order valence-corrected chi connectivity index (χ0v) is 41.1. The van der Waals surface area contributed by atoms with Crippen LogP contribution in [0.3, 0.4) is 0 Å². The van der Waals surface area contributed by atoms with Crippen LogP contribution in [0.25, 0.3) is 0 Å². The van der Waals surface area contributed by atoms with Crippen molar-refractivity contribution in [1.82, 2.24) is 0 Å². The summed E-state index contributed by atoms with van der Waals surface area (Å²) in [4.78, 5) is 37.9. The van der Waals surface area contributed by atoms with Crippen molar-refractivity contribution in [2.45, 2.75) is 277 Å². The molecule has 0 aliphatic heterocycles. The molecule has 0 radical (unpaired) electrons. The molecule has 6 nitrogen and oxygen atoms in total.